The first-order valence-electron chi connectivity index (χ1n) is 2.54. The summed E-state index contributed by atoms with van der Waals surface area (Å²) in [6.07, 6.45) is 0. The van der Waals surface area contributed by atoms with Gasteiger partial charge in [0.1, 0.15) is 6.54 Å². The number of nitrogens with zero attached hydrogens (tertiary/aromatic N) is 1. The Kier molecular flexibility index (Phi) is 5.88. The molecule has 0 aliphatic rings. The van der Waals surface area contributed by atoms with Gasteiger partial charge in [-0.1, -0.05) is 11.6 Å². The molecular weight excluding hydrogens is 161 g/mol. The van der Waals surface area contributed by atoms with Crippen LogP contribution in [0.1, 0.15) is 0 Å². The molecule has 0 aliphatic heterocycles. The number of halogens is 2. The molecule has 0 aliphatic carbocycles. The summed E-state index contributed by atoms with van der Waals surface area (Å²) in [4.78, 5) is 0. The second-order valence-electron chi connectivity index (χ2n) is 2.91. The molecule has 0 bridgehead atoms. The van der Waals surface area contributed by atoms with Crippen LogP contribution in [0.5, 0.6) is 0 Å². The second kappa shape index (κ2) is 4.34. The zero-order chi connectivity index (χ0) is 6.78. The number of hydrogen-bond donors (Lipinski definition) is 1. The van der Waals surface area contributed by atoms with Gasteiger partial charge < -0.3 is 22.0 Å². The molecular formula is C5H13Cl2NO. The van der Waals surface area contributed by atoms with Crippen molar-refractivity contribution >= 4 is 11.6 Å². The minimum atomic E-state index is -0.713. The van der Waals surface area contributed by atoms with Gasteiger partial charge in [-0.3, -0.25) is 0 Å². The molecule has 4 heteroatoms. The topological polar surface area (TPSA) is 20.2 Å². The number of likely N-dealkylation sites (N-methyl/N-ethyl adjacent to an activating group) is 1. The van der Waals surface area contributed by atoms with Crippen LogP contribution in [0, 0.1) is 0 Å². The van der Waals surface area contributed by atoms with E-state index in [2.05, 4.69) is 0 Å². The van der Waals surface area contributed by atoms with Crippen LogP contribution in [0.2, 0.25) is 0 Å². The highest BCUT2D eigenvalue weighted by atomic mass is 35.5. The summed E-state index contributed by atoms with van der Waals surface area (Å²) in [5.74, 6) is 0. The van der Waals surface area contributed by atoms with E-state index in [1.165, 1.54) is 0 Å². The summed E-state index contributed by atoms with van der Waals surface area (Å²) in [5, 5.41) is 8.64. The third-order valence-electron chi connectivity index (χ3n) is 0.698. The molecule has 0 heterocycles. The van der Waals surface area contributed by atoms with E-state index in [-0.39, 0.29) is 12.4 Å². The summed E-state index contributed by atoms with van der Waals surface area (Å²) in [6, 6.07) is 0. The molecule has 0 rings (SSSR count). The summed E-state index contributed by atoms with van der Waals surface area (Å²) in [6.45, 7) is 0.585. The molecule has 0 fully saturated rings. The van der Waals surface area contributed by atoms with Crippen molar-refractivity contribution in [2.45, 2.75) is 5.56 Å². The van der Waals surface area contributed by atoms with Crippen LogP contribution in [0.15, 0.2) is 0 Å². The average Bonchev–Trinajstić information content (AvgIpc) is 1.21. The number of aliphatic hydroxyl groups excluding tert-OH is 1. The van der Waals surface area contributed by atoms with E-state index in [4.69, 9.17) is 16.7 Å². The maximum Gasteiger partial charge on any atom is 0.177 e. The van der Waals surface area contributed by atoms with Gasteiger partial charge in [-0.25, -0.2) is 0 Å². The zero-order valence-electron chi connectivity index (χ0n) is 5.93. The summed E-state index contributed by atoms with van der Waals surface area (Å²) >= 11 is 5.30. The van der Waals surface area contributed by atoms with E-state index >= 15 is 0 Å². The lowest BCUT2D eigenvalue weighted by Gasteiger charge is -2.24. The number of alkyl halides is 1. The van der Waals surface area contributed by atoms with Crippen LogP contribution >= 0.6 is 11.6 Å². The fourth-order valence-corrected chi connectivity index (χ4v) is 0.866. The minimum absolute atomic E-state index is 0. The molecule has 0 aromatic carbocycles. The smallest absolute Gasteiger partial charge is 0.177 e. The van der Waals surface area contributed by atoms with E-state index in [0.29, 0.717) is 11.0 Å². The van der Waals surface area contributed by atoms with Crippen molar-refractivity contribution in [3.63, 3.8) is 0 Å². The SMILES string of the molecule is C[N+](C)(C)CC(O)Cl.[Cl-]. The van der Waals surface area contributed by atoms with E-state index < -0.39 is 5.56 Å². The molecule has 0 aromatic heterocycles. The first-order valence-corrected chi connectivity index (χ1v) is 2.98. The second-order valence-corrected chi connectivity index (χ2v) is 3.41. The van der Waals surface area contributed by atoms with Gasteiger partial charge in [-0.15, -0.1) is 0 Å². The Labute approximate surface area is 67.4 Å². The van der Waals surface area contributed by atoms with Gasteiger partial charge in [0, 0.05) is 0 Å². The molecule has 1 unspecified atom stereocenters. The Hall–Kier alpha value is 0.500. The fourth-order valence-electron chi connectivity index (χ4n) is 0.452. The number of quaternary nitrogens is 1. The number of rotatable bonds is 2. The summed E-state index contributed by atoms with van der Waals surface area (Å²) < 4.78 is 0.699. The van der Waals surface area contributed by atoms with Gasteiger partial charge in [-0.05, 0) is 0 Å². The Morgan fingerprint density at radius 1 is 1.44 bits per heavy atom. The first kappa shape index (κ1) is 12.2. The van der Waals surface area contributed by atoms with Crippen molar-refractivity contribution in [2.24, 2.45) is 0 Å². The molecule has 0 amide bonds. The van der Waals surface area contributed by atoms with Crippen molar-refractivity contribution < 1.29 is 22.0 Å². The zero-order valence-corrected chi connectivity index (χ0v) is 7.45. The van der Waals surface area contributed by atoms with Crippen LogP contribution in [-0.4, -0.2) is 42.8 Å². The van der Waals surface area contributed by atoms with Crippen LogP contribution < -0.4 is 12.4 Å². The van der Waals surface area contributed by atoms with Gasteiger partial charge in [0.25, 0.3) is 0 Å². The Morgan fingerprint density at radius 2 is 1.78 bits per heavy atom. The molecule has 1 atom stereocenters. The first-order chi connectivity index (χ1) is 3.42. The quantitative estimate of drug-likeness (QED) is 0.355. The van der Waals surface area contributed by atoms with Crippen molar-refractivity contribution in [2.75, 3.05) is 27.7 Å². The van der Waals surface area contributed by atoms with Gasteiger partial charge in [0.15, 0.2) is 5.56 Å². The normalized spacial score (nSPS) is 14.3. The van der Waals surface area contributed by atoms with Gasteiger partial charge in [0.05, 0.1) is 21.1 Å². The Morgan fingerprint density at radius 3 is 1.78 bits per heavy atom. The summed E-state index contributed by atoms with van der Waals surface area (Å²) in [5.41, 5.74) is -0.713. The summed E-state index contributed by atoms with van der Waals surface area (Å²) in [7, 11) is 5.93. The molecule has 0 aromatic rings. The number of aliphatic hydroxyl groups is 1. The molecule has 0 spiro atoms. The standard InChI is InChI=1S/C5H13ClNO.ClH/c1-7(2,3)4-5(6)8;/h5,8H,4H2,1-3H3;1H/q+1;/p-1. The maximum absolute atomic E-state index is 8.64. The average molecular weight is 174 g/mol. The molecule has 0 radical (unpaired) electrons. The van der Waals surface area contributed by atoms with Gasteiger partial charge >= 0.3 is 0 Å². The van der Waals surface area contributed by atoms with Crippen LogP contribution in [-0.2, 0) is 0 Å². The van der Waals surface area contributed by atoms with Crippen molar-refractivity contribution in [1.82, 2.24) is 0 Å². The molecule has 1 N–H and O–H groups in total. The largest absolute Gasteiger partial charge is 1.00 e. The molecule has 0 saturated carbocycles. The molecule has 58 valence electrons. The highest BCUT2D eigenvalue weighted by molar-refractivity contribution is 6.19. The predicted molar refractivity (Wildman–Crippen MR) is 34.8 cm³/mol. The molecule has 0 saturated heterocycles. The molecule has 2 nitrogen and oxygen atoms in total. The lowest BCUT2D eigenvalue weighted by molar-refractivity contribution is -0.872. The maximum atomic E-state index is 8.64. The van der Waals surface area contributed by atoms with Crippen molar-refractivity contribution in [3.8, 4) is 0 Å². The lowest BCUT2D eigenvalue weighted by Crippen LogP contribution is -3.00. The van der Waals surface area contributed by atoms with Crippen LogP contribution in [0.4, 0.5) is 0 Å². The van der Waals surface area contributed by atoms with Gasteiger partial charge in [-0.2, -0.15) is 0 Å². The monoisotopic (exact) mass is 173 g/mol. The van der Waals surface area contributed by atoms with E-state index in [1.54, 1.807) is 0 Å². The highest BCUT2D eigenvalue weighted by Crippen LogP contribution is 1.96. The van der Waals surface area contributed by atoms with Gasteiger partial charge in [0.2, 0.25) is 0 Å². The fraction of sp³-hybridized carbons (Fsp3) is 1.00. The molecule has 9 heavy (non-hydrogen) atoms. The highest BCUT2D eigenvalue weighted by Gasteiger charge is 2.11. The lowest BCUT2D eigenvalue weighted by atomic mass is 10.5. The third kappa shape index (κ3) is 11.9. The Balaban J connectivity index is 0. The van der Waals surface area contributed by atoms with Crippen LogP contribution in [0.25, 0.3) is 0 Å². The van der Waals surface area contributed by atoms with E-state index in [0.717, 1.165) is 0 Å². The van der Waals surface area contributed by atoms with E-state index in [9.17, 15) is 0 Å². The van der Waals surface area contributed by atoms with Crippen LogP contribution in [0.3, 0.4) is 0 Å². The van der Waals surface area contributed by atoms with Crippen molar-refractivity contribution in [3.05, 3.63) is 0 Å². The van der Waals surface area contributed by atoms with Crippen molar-refractivity contribution in [1.29, 1.82) is 0 Å². The predicted octanol–water partition coefficient (Wildman–Crippen LogP) is -2.75. The minimum Gasteiger partial charge on any atom is -1.00 e. The Bertz CT molecular complexity index is 69.8. The third-order valence-corrected chi connectivity index (χ3v) is 0.836. The van der Waals surface area contributed by atoms with E-state index in [1.807, 2.05) is 21.1 Å². The number of hydrogen-bond acceptors (Lipinski definition) is 1.